The van der Waals surface area contributed by atoms with Crippen LogP contribution >= 0.6 is 0 Å². The van der Waals surface area contributed by atoms with Gasteiger partial charge < -0.3 is 9.84 Å². The van der Waals surface area contributed by atoms with Crippen LogP contribution in [0.15, 0.2) is 30.3 Å². The van der Waals surface area contributed by atoms with Crippen molar-refractivity contribution in [1.82, 2.24) is 0 Å². The Kier molecular flexibility index (Phi) is 5.19. The van der Waals surface area contributed by atoms with Crippen LogP contribution in [-0.2, 0) is 0 Å². The van der Waals surface area contributed by atoms with E-state index in [-0.39, 0.29) is 6.10 Å². The van der Waals surface area contributed by atoms with Crippen molar-refractivity contribution in [3.8, 4) is 5.75 Å². The van der Waals surface area contributed by atoms with Gasteiger partial charge >= 0.3 is 0 Å². The monoisotopic (exact) mass is 208 g/mol. The lowest BCUT2D eigenvalue weighted by atomic mass is 9.97. The minimum atomic E-state index is -0.361. The van der Waals surface area contributed by atoms with E-state index in [1.165, 1.54) is 0 Å². The van der Waals surface area contributed by atoms with Gasteiger partial charge in [0.25, 0.3) is 0 Å². The van der Waals surface area contributed by atoms with Crippen molar-refractivity contribution < 1.29 is 9.84 Å². The average molecular weight is 208 g/mol. The van der Waals surface area contributed by atoms with Gasteiger partial charge in [-0.3, -0.25) is 0 Å². The molecule has 0 radical (unpaired) electrons. The van der Waals surface area contributed by atoms with Gasteiger partial charge in [0.15, 0.2) is 0 Å². The van der Waals surface area contributed by atoms with Crippen molar-refractivity contribution in [2.24, 2.45) is 5.92 Å². The first kappa shape index (κ1) is 12.1. The lowest BCUT2D eigenvalue weighted by Gasteiger charge is -2.20. The molecule has 1 N–H and O–H groups in total. The third kappa shape index (κ3) is 3.92. The van der Waals surface area contributed by atoms with Gasteiger partial charge in [-0.2, -0.15) is 0 Å². The molecule has 0 aliphatic carbocycles. The topological polar surface area (TPSA) is 29.5 Å². The standard InChI is InChI=1S/C13H20O2/c1-3-11(4-2)13(14)10-15-12-8-6-5-7-9-12/h5-9,11,13-14H,3-4,10H2,1-2H3. The van der Waals surface area contributed by atoms with Gasteiger partial charge in [-0.1, -0.05) is 44.9 Å². The molecule has 0 aliphatic rings. The number of ether oxygens (including phenoxy) is 1. The molecule has 0 fully saturated rings. The second-order valence-electron chi connectivity index (χ2n) is 3.77. The number of hydrogen-bond donors (Lipinski definition) is 1. The molecule has 0 amide bonds. The largest absolute Gasteiger partial charge is 0.491 e. The van der Waals surface area contributed by atoms with Crippen LogP contribution in [0.5, 0.6) is 5.75 Å². The number of rotatable bonds is 6. The molecule has 1 unspecified atom stereocenters. The van der Waals surface area contributed by atoms with E-state index in [2.05, 4.69) is 13.8 Å². The normalized spacial score (nSPS) is 12.8. The van der Waals surface area contributed by atoms with Crippen molar-refractivity contribution in [2.75, 3.05) is 6.61 Å². The zero-order chi connectivity index (χ0) is 11.1. The summed E-state index contributed by atoms with van der Waals surface area (Å²) in [6.07, 6.45) is 1.63. The van der Waals surface area contributed by atoms with Gasteiger partial charge in [0.1, 0.15) is 12.4 Å². The third-order valence-corrected chi connectivity index (χ3v) is 2.76. The third-order valence-electron chi connectivity index (χ3n) is 2.76. The average Bonchev–Trinajstić information content (AvgIpc) is 2.29. The van der Waals surface area contributed by atoms with Crippen molar-refractivity contribution in [1.29, 1.82) is 0 Å². The number of benzene rings is 1. The molecule has 0 bridgehead atoms. The Hall–Kier alpha value is -1.02. The fraction of sp³-hybridized carbons (Fsp3) is 0.538. The molecule has 2 nitrogen and oxygen atoms in total. The summed E-state index contributed by atoms with van der Waals surface area (Å²) in [6.45, 7) is 4.58. The molecule has 1 aromatic rings. The molecule has 1 rings (SSSR count). The fourth-order valence-corrected chi connectivity index (χ4v) is 1.67. The molecular weight excluding hydrogens is 188 g/mol. The molecule has 0 saturated carbocycles. The highest BCUT2D eigenvalue weighted by Gasteiger charge is 2.15. The summed E-state index contributed by atoms with van der Waals surface area (Å²) < 4.78 is 5.50. The maximum Gasteiger partial charge on any atom is 0.119 e. The van der Waals surface area contributed by atoms with E-state index in [1.807, 2.05) is 30.3 Å². The fourth-order valence-electron chi connectivity index (χ4n) is 1.67. The first-order valence-electron chi connectivity index (χ1n) is 5.63. The lowest BCUT2D eigenvalue weighted by Crippen LogP contribution is -2.26. The van der Waals surface area contributed by atoms with Crippen LogP contribution in [0, 0.1) is 5.92 Å². The van der Waals surface area contributed by atoms with Crippen molar-refractivity contribution in [3.05, 3.63) is 30.3 Å². The minimum Gasteiger partial charge on any atom is -0.491 e. The van der Waals surface area contributed by atoms with Crippen LogP contribution in [0.4, 0.5) is 0 Å². The summed E-state index contributed by atoms with van der Waals surface area (Å²) in [6, 6.07) is 9.61. The molecule has 15 heavy (non-hydrogen) atoms. The summed E-state index contributed by atoms with van der Waals surface area (Å²) in [5.41, 5.74) is 0. The number of hydrogen-bond acceptors (Lipinski definition) is 2. The van der Waals surface area contributed by atoms with E-state index in [1.54, 1.807) is 0 Å². The Morgan fingerprint density at radius 1 is 1.13 bits per heavy atom. The maximum absolute atomic E-state index is 9.85. The molecule has 2 heteroatoms. The number of para-hydroxylation sites is 1. The quantitative estimate of drug-likeness (QED) is 0.779. The first-order valence-corrected chi connectivity index (χ1v) is 5.63. The van der Waals surface area contributed by atoms with E-state index in [0.29, 0.717) is 12.5 Å². The molecule has 1 aromatic carbocycles. The molecule has 0 heterocycles. The Labute approximate surface area is 91.9 Å². The Morgan fingerprint density at radius 3 is 2.27 bits per heavy atom. The Balaban J connectivity index is 2.36. The highest BCUT2D eigenvalue weighted by molar-refractivity contribution is 5.20. The van der Waals surface area contributed by atoms with Gasteiger partial charge in [-0.15, -0.1) is 0 Å². The predicted octanol–water partition coefficient (Wildman–Crippen LogP) is 2.86. The van der Waals surface area contributed by atoms with Crippen LogP contribution in [0.2, 0.25) is 0 Å². The minimum absolute atomic E-state index is 0.341. The molecule has 0 aromatic heterocycles. The smallest absolute Gasteiger partial charge is 0.119 e. The van der Waals surface area contributed by atoms with E-state index in [9.17, 15) is 5.11 Å². The highest BCUT2D eigenvalue weighted by Crippen LogP contribution is 2.15. The van der Waals surface area contributed by atoms with Crippen LogP contribution < -0.4 is 4.74 Å². The lowest BCUT2D eigenvalue weighted by molar-refractivity contribution is 0.0536. The summed E-state index contributed by atoms with van der Waals surface area (Å²) in [5, 5.41) is 9.85. The maximum atomic E-state index is 9.85. The van der Waals surface area contributed by atoms with Crippen LogP contribution in [0.3, 0.4) is 0 Å². The Morgan fingerprint density at radius 2 is 1.73 bits per heavy atom. The molecule has 1 atom stereocenters. The molecular formula is C13H20O2. The Bertz CT molecular complexity index is 254. The van der Waals surface area contributed by atoms with Gasteiger partial charge in [-0.05, 0) is 18.1 Å². The van der Waals surface area contributed by atoms with Crippen molar-refractivity contribution >= 4 is 0 Å². The number of aliphatic hydroxyl groups excluding tert-OH is 1. The molecule has 0 saturated heterocycles. The van der Waals surface area contributed by atoms with Crippen LogP contribution in [0.25, 0.3) is 0 Å². The van der Waals surface area contributed by atoms with Crippen molar-refractivity contribution in [3.63, 3.8) is 0 Å². The second kappa shape index (κ2) is 6.46. The summed E-state index contributed by atoms with van der Waals surface area (Å²) in [4.78, 5) is 0. The summed E-state index contributed by atoms with van der Waals surface area (Å²) >= 11 is 0. The summed E-state index contributed by atoms with van der Waals surface area (Å²) in [7, 11) is 0. The van der Waals surface area contributed by atoms with E-state index in [4.69, 9.17) is 4.74 Å². The van der Waals surface area contributed by atoms with Gasteiger partial charge in [0.2, 0.25) is 0 Å². The SMILES string of the molecule is CCC(CC)C(O)COc1ccccc1. The predicted molar refractivity (Wildman–Crippen MR) is 62.0 cm³/mol. The van der Waals surface area contributed by atoms with Gasteiger partial charge in [-0.25, -0.2) is 0 Å². The summed E-state index contributed by atoms with van der Waals surface area (Å²) in [5.74, 6) is 1.16. The highest BCUT2D eigenvalue weighted by atomic mass is 16.5. The second-order valence-corrected chi connectivity index (χ2v) is 3.77. The zero-order valence-electron chi connectivity index (χ0n) is 9.52. The van der Waals surface area contributed by atoms with E-state index < -0.39 is 0 Å². The van der Waals surface area contributed by atoms with E-state index in [0.717, 1.165) is 18.6 Å². The van der Waals surface area contributed by atoms with Gasteiger partial charge in [0.05, 0.1) is 6.10 Å². The van der Waals surface area contributed by atoms with Crippen LogP contribution in [-0.4, -0.2) is 17.8 Å². The molecule has 0 aliphatic heterocycles. The van der Waals surface area contributed by atoms with Gasteiger partial charge in [0, 0.05) is 0 Å². The number of aliphatic hydroxyl groups is 1. The molecule has 84 valence electrons. The first-order chi connectivity index (χ1) is 7.27. The zero-order valence-corrected chi connectivity index (χ0v) is 9.52. The van der Waals surface area contributed by atoms with Crippen molar-refractivity contribution in [2.45, 2.75) is 32.8 Å². The van der Waals surface area contributed by atoms with E-state index >= 15 is 0 Å². The molecule has 0 spiro atoms. The van der Waals surface area contributed by atoms with Crippen LogP contribution in [0.1, 0.15) is 26.7 Å².